The number of nitriles is 1. The van der Waals surface area contributed by atoms with Crippen molar-refractivity contribution in [2.45, 2.75) is 12.5 Å². The van der Waals surface area contributed by atoms with Crippen molar-refractivity contribution >= 4 is 23.2 Å². The molecule has 2 rings (SSSR count). The van der Waals surface area contributed by atoms with Gasteiger partial charge >= 0.3 is 0 Å². The number of nitrogens with zero attached hydrogens (tertiary/aromatic N) is 1. The van der Waals surface area contributed by atoms with Gasteiger partial charge in [-0.3, -0.25) is 4.79 Å². The van der Waals surface area contributed by atoms with Crippen molar-refractivity contribution in [3.05, 3.63) is 35.9 Å². The van der Waals surface area contributed by atoms with Crippen LogP contribution in [0.5, 0.6) is 0 Å². The fourth-order valence-electron chi connectivity index (χ4n) is 1.85. The van der Waals surface area contributed by atoms with Gasteiger partial charge in [0.1, 0.15) is 5.92 Å². The van der Waals surface area contributed by atoms with Crippen molar-refractivity contribution in [1.82, 2.24) is 10.6 Å². The topological polar surface area (TPSA) is 64.9 Å². The summed E-state index contributed by atoms with van der Waals surface area (Å²) < 4.78 is 0. The lowest BCUT2D eigenvalue weighted by Gasteiger charge is -2.29. The van der Waals surface area contributed by atoms with Gasteiger partial charge in [-0.1, -0.05) is 30.3 Å². The molecule has 1 aromatic carbocycles. The lowest BCUT2D eigenvalue weighted by Crippen LogP contribution is -2.58. The number of rotatable bonds is 2. The van der Waals surface area contributed by atoms with Gasteiger partial charge in [-0.15, -0.1) is 0 Å². The first-order valence-electron chi connectivity index (χ1n) is 5.25. The Morgan fingerprint density at radius 1 is 1.35 bits per heavy atom. The molecule has 1 aromatic rings. The SMILES string of the molecule is N#CC1C(=O)NC(=S)NC1Cc1ccccc1. The van der Waals surface area contributed by atoms with Crippen LogP contribution in [0.3, 0.4) is 0 Å². The standard InChI is InChI=1S/C12H11N3OS/c13-7-9-10(14-12(17)15-11(9)16)6-8-4-2-1-3-5-8/h1-5,9-10H,6H2,(H2,14,15,16,17). The Kier molecular flexibility index (Phi) is 3.35. The van der Waals surface area contributed by atoms with Crippen LogP contribution in [-0.4, -0.2) is 17.1 Å². The summed E-state index contributed by atoms with van der Waals surface area (Å²) in [6.07, 6.45) is 0.604. The van der Waals surface area contributed by atoms with E-state index in [4.69, 9.17) is 17.5 Å². The van der Waals surface area contributed by atoms with Gasteiger partial charge in [-0.2, -0.15) is 5.26 Å². The van der Waals surface area contributed by atoms with Gasteiger partial charge < -0.3 is 10.6 Å². The predicted octanol–water partition coefficient (Wildman–Crippen LogP) is 0.742. The zero-order chi connectivity index (χ0) is 12.3. The number of hydrogen-bond donors (Lipinski definition) is 2. The van der Waals surface area contributed by atoms with Crippen LogP contribution in [-0.2, 0) is 11.2 Å². The van der Waals surface area contributed by atoms with E-state index in [-0.39, 0.29) is 11.9 Å². The molecule has 0 saturated carbocycles. The maximum Gasteiger partial charge on any atom is 0.245 e. The molecular formula is C12H11N3OS. The summed E-state index contributed by atoms with van der Waals surface area (Å²) in [6.45, 7) is 0. The summed E-state index contributed by atoms with van der Waals surface area (Å²) in [5.74, 6) is -1.03. The second-order valence-corrected chi connectivity index (χ2v) is 4.27. The second-order valence-electron chi connectivity index (χ2n) is 3.87. The first-order chi connectivity index (χ1) is 8.20. The molecule has 1 amide bonds. The van der Waals surface area contributed by atoms with Crippen molar-refractivity contribution < 1.29 is 4.79 Å². The zero-order valence-corrected chi connectivity index (χ0v) is 9.83. The minimum atomic E-state index is -0.707. The van der Waals surface area contributed by atoms with Gasteiger partial charge in [0, 0.05) is 0 Å². The highest BCUT2D eigenvalue weighted by Crippen LogP contribution is 2.13. The summed E-state index contributed by atoms with van der Waals surface area (Å²) >= 11 is 4.92. The summed E-state index contributed by atoms with van der Waals surface area (Å²) in [5.41, 5.74) is 1.07. The Morgan fingerprint density at radius 2 is 2.06 bits per heavy atom. The molecule has 1 aliphatic heterocycles. The normalized spacial score (nSPS) is 23.5. The van der Waals surface area contributed by atoms with E-state index in [9.17, 15) is 4.79 Å². The van der Waals surface area contributed by atoms with Gasteiger partial charge in [0.15, 0.2) is 5.11 Å². The minimum Gasteiger partial charge on any atom is -0.357 e. The molecule has 17 heavy (non-hydrogen) atoms. The van der Waals surface area contributed by atoms with Gasteiger partial charge in [0.05, 0.1) is 12.1 Å². The van der Waals surface area contributed by atoms with Crippen LogP contribution in [0.4, 0.5) is 0 Å². The maximum atomic E-state index is 11.6. The Hall–Kier alpha value is -1.93. The third-order valence-corrected chi connectivity index (χ3v) is 2.90. The maximum absolute atomic E-state index is 11.6. The molecule has 1 heterocycles. The first kappa shape index (κ1) is 11.6. The second kappa shape index (κ2) is 4.93. The number of carbonyl (C=O) groups is 1. The molecule has 0 radical (unpaired) electrons. The highest BCUT2D eigenvalue weighted by Gasteiger charge is 2.33. The Balaban J connectivity index is 2.16. The molecule has 2 N–H and O–H groups in total. The van der Waals surface area contributed by atoms with E-state index < -0.39 is 5.92 Å². The van der Waals surface area contributed by atoms with Gasteiger partial charge in [0.25, 0.3) is 0 Å². The number of amides is 1. The van der Waals surface area contributed by atoms with E-state index in [0.717, 1.165) is 5.56 Å². The third-order valence-electron chi connectivity index (χ3n) is 2.68. The molecule has 2 unspecified atom stereocenters. The molecule has 2 atom stereocenters. The molecule has 1 saturated heterocycles. The van der Waals surface area contributed by atoms with Crippen molar-refractivity contribution in [3.8, 4) is 6.07 Å². The van der Waals surface area contributed by atoms with Crippen LogP contribution in [0.2, 0.25) is 0 Å². The summed E-state index contributed by atoms with van der Waals surface area (Å²) in [7, 11) is 0. The predicted molar refractivity (Wildman–Crippen MR) is 66.9 cm³/mol. The van der Waals surface area contributed by atoms with Crippen molar-refractivity contribution in [2.24, 2.45) is 5.92 Å². The molecule has 1 aliphatic rings. The first-order valence-corrected chi connectivity index (χ1v) is 5.66. The Morgan fingerprint density at radius 3 is 2.71 bits per heavy atom. The molecule has 0 aliphatic carbocycles. The number of benzene rings is 1. The molecule has 0 spiro atoms. The molecule has 86 valence electrons. The Bertz CT molecular complexity index is 480. The van der Waals surface area contributed by atoms with Crippen LogP contribution in [0.15, 0.2) is 30.3 Å². The van der Waals surface area contributed by atoms with Crippen LogP contribution >= 0.6 is 12.2 Å². The van der Waals surface area contributed by atoms with E-state index in [0.29, 0.717) is 11.5 Å². The number of nitrogens with one attached hydrogen (secondary N) is 2. The minimum absolute atomic E-state index is 0.261. The quantitative estimate of drug-likeness (QED) is 0.754. The lowest BCUT2D eigenvalue weighted by molar-refractivity contribution is -0.123. The van der Waals surface area contributed by atoms with Gasteiger partial charge in [-0.05, 0) is 24.2 Å². The largest absolute Gasteiger partial charge is 0.357 e. The summed E-state index contributed by atoms with van der Waals surface area (Å²) in [6, 6.07) is 11.5. The molecule has 0 bridgehead atoms. The average molecular weight is 245 g/mol. The van der Waals surface area contributed by atoms with Crippen LogP contribution in [0.25, 0.3) is 0 Å². The van der Waals surface area contributed by atoms with Crippen molar-refractivity contribution in [3.63, 3.8) is 0 Å². The van der Waals surface area contributed by atoms with Crippen LogP contribution in [0.1, 0.15) is 5.56 Å². The highest BCUT2D eigenvalue weighted by atomic mass is 32.1. The van der Waals surface area contributed by atoms with E-state index in [1.165, 1.54) is 0 Å². The summed E-state index contributed by atoms with van der Waals surface area (Å²) in [5, 5.41) is 14.7. The number of carbonyl (C=O) groups excluding carboxylic acids is 1. The van der Waals surface area contributed by atoms with Crippen LogP contribution in [0, 0.1) is 17.2 Å². The van der Waals surface area contributed by atoms with E-state index in [2.05, 4.69) is 10.6 Å². The molecule has 0 aromatic heterocycles. The van der Waals surface area contributed by atoms with Gasteiger partial charge in [0.2, 0.25) is 5.91 Å². The highest BCUT2D eigenvalue weighted by molar-refractivity contribution is 7.80. The third kappa shape index (κ3) is 2.60. The Labute approximate surface area is 105 Å². The molecule has 5 heteroatoms. The summed E-state index contributed by atoms with van der Waals surface area (Å²) in [4.78, 5) is 11.6. The molecule has 1 fully saturated rings. The van der Waals surface area contributed by atoms with Crippen molar-refractivity contribution in [2.75, 3.05) is 0 Å². The van der Waals surface area contributed by atoms with Crippen molar-refractivity contribution in [1.29, 1.82) is 5.26 Å². The smallest absolute Gasteiger partial charge is 0.245 e. The monoisotopic (exact) mass is 245 g/mol. The molecule has 4 nitrogen and oxygen atoms in total. The van der Waals surface area contributed by atoms with E-state index in [1.54, 1.807) is 0 Å². The fourth-order valence-corrected chi connectivity index (χ4v) is 2.10. The fraction of sp³-hybridized carbons (Fsp3) is 0.250. The van der Waals surface area contributed by atoms with Gasteiger partial charge in [-0.25, -0.2) is 0 Å². The van der Waals surface area contributed by atoms with E-state index >= 15 is 0 Å². The molecular weight excluding hydrogens is 234 g/mol. The number of hydrogen-bond acceptors (Lipinski definition) is 3. The lowest BCUT2D eigenvalue weighted by atomic mass is 9.92. The average Bonchev–Trinajstić information content (AvgIpc) is 2.30. The van der Waals surface area contributed by atoms with Crippen LogP contribution < -0.4 is 10.6 Å². The zero-order valence-electron chi connectivity index (χ0n) is 9.01. The number of thiocarbonyl (C=S) groups is 1. The van der Waals surface area contributed by atoms with E-state index in [1.807, 2.05) is 36.4 Å².